The van der Waals surface area contributed by atoms with Crippen molar-refractivity contribution in [2.24, 2.45) is 10.1 Å². The summed E-state index contributed by atoms with van der Waals surface area (Å²) in [5.41, 5.74) is 9.01. The summed E-state index contributed by atoms with van der Waals surface area (Å²) < 4.78 is 11.1. The van der Waals surface area contributed by atoms with Gasteiger partial charge in [0.25, 0.3) is 0 Å². The molecule has 0 unspecified atom stereocenters. The van der Waals surface area contributed by atoms with Gasteiger partial charge in [0, 0.05) is 16.7 Å². The van der Waals surface area contributed by atoms with Gasteiger partial charge < -0.3 is 9.47 Å². The molecule has 0 aliphatic carbocycles. The van der Waals surface area contributed by atoms with Crippen molar-refractivity contribution in [3.8, 4) is 11.5 Å². The number of fused-ring (bicyclic) bond motifs is 1. The third kappa shape index (κ3) is 4.77. The topological polar surface area (TPSA) is 55.2 Å². The van der Waals surface area contributed by atoms with E-state index < -0.39 is 0 Å². The lowest BCUT2D eigenvalue weighted by molar-refractivity contribution is 0.309. The molecule has 4 rings (SSSR count). The number of aryl methyl sites for hydroxylation is 1. The minimum atomic E-state index is 0.697. The van der Waals surface area contributed by atoms with Gasteiger partial charge >= 0.3 is 0 Å². The summed E-state index contributed by atoms with van der Waals surface area (Å²) in [7, 11) is 1.66. The highest BCUT2D eigenvalue weighted by molar-refractivity contribution is 6.18. The zero-order valence-corrected chi connectivity index (χ0v) is 18.2. The lowest BCUT2D eigenvalue weighted by atomic mass is 9.99. The van der Waals surface area contributed by atoms with Crippen LogP contribution in [0.3, 0.4) is 0 Å². The molecule has 5 nitrogen and oxygen atoms in total. The summed E-state index contributed by atoms with van der Waals surface area (Å²) in [5.74, 6) is 2.38. The van der Waals surface area contributed by atoms with Crippen LogP contribution in [0.25, 0.3) is 0 Å². The molecule has 0 atom stereocenters. The first-order chi connectivity index (χ1) is 15.2. The standard InChI is InChI=1S/C26H27N3O2/c1-4-5-16-31-22-13-7-19(8-14-22)25-23-17-18(2)6-15-24(23)27-26(29-28-25)20-9-11-21(30-3)12-10-20/h6-15,17H,4-5,16H2,1-3H3,(H,27,29). The Morgan fingerprint density at radius 1 is 0.871 bits per heavy atom. The molecule has 1 N–H and O–H groups in total. The first-order valence-corrected chi connectivity index (χ1v) is 10.6. The number of rotatable bonds is 7. The van der Waals surface area contributed by atoms with E-state index in [2.05, 4.69) is 31.4 Å². The number of ether oxygens (including phenoxy) is 2. The molecule has 31 heavy (non-hydrogen) atoms. The van der Waals surface area contributed by atoms with E-state index in [0.29, 0.717) is 5.84 Å². The van der Waals surface area contributed by atoms with Crippen molar-refractivity contribution in [2.75, 3.05) is 13.7 Å². The van der Waals surface area contributed by atoms with Gasteiger partial charge in [-0.3, -0.25) is 5.43 Å². The van der Waals surface area contributed by atoms with Gasteiger partial charge in [0.1, 0.15) is 11.5 Å². The quantitative estimate of drug-likeness (QED) is 0.512. The average Bonchev–Trinajstić information content (AvgIpc) is 2.99. The summed E-state index contributed by atoms with van der Waals surface area (Å²) >= 11 is 0. The number of hydrogen-bond acceptors (Lipinski definition) is 5. The average molecular weight is 414 g/mol. The molecule has 0 saturated carbocycles. The van der Waals surface area contributed by atoms with Gasteiger partial charge in [0.05, 0.1) is 25.1 Å². The number of nitrogens with zero attached hydrogens (tertiary/aromatic N) is 2. The van der Waals surface area contributed by atoms with Crippen LogP contribution in [-0.2, 0) is 0 Å². The van der Waals surface area contributed by atoms with Crippen LogP contribution in [-0.4, -0.2) is 25.3 Å². The molecule has 0 saturated heterocycles. The van der Waals surface area contributed by atoms with E-state index in [-0.39, 0.29) is 0 Å². The van der Waals surface area contributed by atoms with Crippen molar-refractivity contribution in [3.05, 3.63) is 89.0 Å². The van der Waals surface area contributed by atoms with Gasteiger partial charge in [-0.05, 0) is 74.0 Å². The molecular formula is C26H27N3O2. The maximum absolute atomic E-state index is 5.81. The zero-order chi connectivity index (χ0) is 21.6. The molecule has 0 fully saturated rings. The molecule has 1 aliphatic rings. The van der Waals surface area contributed by atoms with Crippen molar-refractivity contribution >= 4 is 17.2 Å². The van der Waals surface area contributed by atoms with E-state index >= 15 is 0 Å². The number of amidine groups is 1. The highest BCUT2D eigenvalue weighted by atomic mass is 16.5. The molecule has 0 aromatic heterocycles. The van der Waals surface area contributed by atoms with Gasteiger partial charge in [-0.15, -0.1) is 0 Å². The van der Waals surface area contributed by atoms with Crippen molar-refractivity contribution in [3.63, 3.8) is 0 Å². The summed E-state index contributed by atoms with van der Waals surface area (Å²) in [6.07, 6.45) is 2.17. The van der Waals surface area contributed by atoms with Gasteiger partial charge in [0.2, 0.25) is 0 Å². The summed E-state index contributed by atoms with van der Waals surface area (Å²) in [6.45, 7) is 4.97. The largest absolute Gasteiger partial charge is 0.497 e. The van der Waals surface area contributed by atoms with E-state index in [1.165, 1.54) is 0 Å². The second-order valence-corrected chi connectivity index (χ2v) is 7.51. The van der Waals surface area contributed by atoms with Gasteiger partial charge in [-0.1, -0.05) is 25.0 Å². The highest BCUT2D eigenvalue weighted by Crippen LogP contribution is 2.28. The maximum Gasteiger partial charge on any atom is 0.154 e. The highest BCUT2D eigenvalue weighted by Gasteiger charge is 2.17. The number of nitrogens with one attached hydrogen (secondary N) is 1. The third-order valence-corrected chi connectivity index (χ3v) is 5.17. The van der Waals surface area contributed by atoms with Crippen LogP contribution in [0.1, 0.15) is 42.0 Å². The number of aliphatic imine (C=N–C) groups is 1. The fourth-order valence-electron chi connectivity index (χ4n) is 3.39. The van der Waals surface area contributed by atoms with E-state index in [0.717, 1.165) is 64.6 Å². The minimum Gasteiger partial charge on any atom is -0.497 e. The second-order valence-electron chi connectivity index (χ2n) is 7.51. The van der Waals surface area contributed by atoms with Crippen LogP contribution in [0.2, 0.25) is 0 Å². The first kappa shape index (κ1) is 20.7. The summed E-state index contributed by atoms with van der Waals surface area (Å²) in [5, 5.41) is 4.75. The van der Waals surface area contributed by atoms with Crippen LogP contribution < -0.4 is 14.9 Å². The van der Waals surface area contributed by atoms with Crippen molar-refractivity contribution < 1.29 is 9.47 Å². The Morgan fingerprint density at radius 2 is 1.58 bits per heavy atom. The van der Waals surface area contributed by atoms with Crippen molar-refractivity contribution in [1.29, 1.82) is 0 Å². The molecule has 158 valence electrons. The maximum atomic E-state index is 5.81. The van der Waals surface area contributed by atoms with E-state index in [1.807, 2.05) is 54.6 Å². The number of unbranched alkanes of at least 4 members (excludes halogenated alkanes) is 1. The molecule has 5 heteroatoms. The molecule has 1 heterocycles. The van der Waals surface area contributed by atoms with Crippen LogP contribution >= 0.6 is 0 Å². The molecule has 0 spiro atoms. The van der Waals surface area contributed by atoms with E-state index in [4.69, 9.17) is 19.6 Å². The Labute approximate surface area is 183 Å². The van der Waals surface area contributed by atoms with Gasteiger partial charge in [-0.25, -0.2) is 4.99 Å². The SMILES string of the molecule is CCCCOc1ccc(C2=NNC(c3ccc(OC)cc3)=Nc3ccc(C)cc32)cc1. The Kier molecular flexibility index (Phi) is 6.32. The molecule has 0 bridgehead atoms. The summed E-state index contributed by atoms with van der Waals surface area (Å²) in [6, 6.07) is 22.1. The summed E-state index contributed by atoms with van der Waals surface area (Å²) in [4.78, 5) is 4.87. The monoisotopic (exact) mass is 413 g/mol. The minimum absolute atomic E-state index is 0.697. The van der Waals surface area contributed by atoms with Crippen LogP contribution in [0.4, 0.5) is 5.69 Å². The van der Waals surface area contributed by atoms with Gasteiger partial charge in [-0.2, -0.15) is 5.10 Å². The van der Waals surface area contributed by atoms with Crippen molar-refractivity contribution in [2.45, 2.75) is 26.7 Å². The van der Waals surface area contributed by atoms with Crippen molar-refractivity contribution in [1.82, 2.24) is 5.43 Å². The molecular weight excluding hydrogens is 386 g/mol. The predicted molar refractivity (Wildman–Crippen MR) is 126 cm³/mol. The third-order valence-electron chi connectivity index (χ3n) is 5.17. The Morgan fingerprint density at radius 3 is 2.29 bits per heavy atom. The Bertz CT molecular complexity index is 1100. The molecule has 3 aromatic carbocycles. The fourth-order valence-corrected chi connectivity index (χ4v) is 3.39. The normalized spacial score (nSPS) is 12.7. The Hall–Kier alpha value is -3.60. The molecule has 0 radical (unpaired) electrons. The zero-order valence-electron chi connectivity index (χ0n) is 18.2. The number of hydrogen-bond donors (Lipinski definition) is 1. The molecule has 1 aliphatic heterocycles. The number of hydrazone groups is 1. The Balaban J connectivity index is 1.68. The first-order valence-electron chi connectivity index (χ1n) is 10.6. The second kappa shape index (κ2) is 9.47. The van der Waals surface area contributed by atoms with Crippen LogP contribution in [0.15, 0.2) is 76.8 Å². The lowest BCUT2D eigenvalue weighted by Crippen LogP contribution is -2.19. The molecule has 3 aromatic rings. The lowest BCUT2D eigenvalue weighted by Gasteiger charge is -2.10. The number of benzene rings is 3. The van der Waals surface area contributed by atoms with E-state index in [9.17, 15) is 0 Å². The van der Waals surface area contributed by atoms with Crippen LogP contribution in [0, 0.1) is 6.92 Å². The van der Waals surface area contributed by atoms with Gasteiger partial charge in [0.15, 0.2) is 5.84 Å². The molecule has 0 amide bonds. The number of methoxy groups -OCH3 is 1. The fraction of sp³-hybridized carbons (Fsp3) is 0.231. The van der Waals surface area contributed by atoms with Crippen LogP contribution in [0.5, 0.6) is 11.5 Å². The predicted octanol–water partition coefficient (Wildman–Crippen LogP) is 5.62. The smallest absolute Gasteiger partial charge is 0.154 e. The van der Waals surface area contributed by atoms with E-state index in [1.54, 1.807) is 7.11 Å².